The first-order valence-electron chi connectivity index (χ1n) is 9.09. The molecule has 2 rings (SSSR count). The van der Waals surface area contributed by atoms with Gasteiger partial charge in [0.05, 0.1) is 0 Å². The molecular formula is C20H29N2O2P. The van der Waals surface area contributed by atoms with Crippen molar-refractivity contribution in [3.8, 4) is 0 Å². The zero-order chi connectivity index (χ0) is 18.1. The minimum absolute atomic E-state index is 0.459. The highest BCUT2D eigenvalue weighted by Crippen LogP contribution is 2.38. The number of anilines is 2. The van der Waals surface area contributed by atoms with Gasteiger partial charge in [-0.25, -0.2) is 0 Å². The van der Waals surface area contributed by atoms with E-state index < -0.39 is 7.37 Å². The van der Waals surface area contributed by atoms with Crippen molar-refractivity contribution in [1.29, 1.82) is 0 Å². The third kappa shape index (κ3) is 5.62. The highest BCUT2D eigenvalue weighted by atomic mass is 31.2. The van der Waals surface area contributed by atoms with Crippen LogP contribution in [0.15, 0.2) is 48.5 Å². The van der Waals surface area contributed by atoms with Gasteiger partial charge in [0.1, 0.15) is 0 Å². The van der Waals surface area contributed by atoms with Crippen LogP contribution in [-0.2, 0) is 4.57 Å². The van der Waals surface area contributed by atoms with Crippen LogP contribution >= 0.6 is 7.37 Å². The summed E-state index contributed by atoms with van der Waals surface area (Å²) in [5.41, 5.74) is 1.96. The van der Waals surface area contributed by atoms with Crippen molar-refractivity contribution in [3.63, 3.8) is 0 Å². The number of rotatable bonds is 10. The first kappa shape index (κ1) is 19.6. The van der Waals surface area contributed by atoms with E-state index in [-0.39, 0.29) is 0 Å². The van der Waals surface area contributed by atoms with Gasteiger partial charge in [0.25, 0.3) is 7.37 Å². The maximum atomic E-state index is 12.9. The van der Waals surface area contributed by atoms with Crippen LogP contribution in [0.4, 0.5) is 11.4 Å². The average molecular weight is 360 g/mol. The minimum atomic E-state index is -3.56. The van der Waals surface area contributed by atoms with Gasteiger partial charge in [-0.15, -0.1) is 0 Å². The molecule has 0 saturated carbocycles. The van der Waals surface area contributed by atoms with Crippen molar-refractivity contribution in [2.75, 3.05) is 23.7 Å². The monoisotopic (exact) mass is 360 g/mol. The van der Waals surface area contributed by atoms with Gasteiger partial charge in [-0.3, -0.25) is 4.57 Å². The van der Waals surface area contributed by atoms with Gasteiger partial charge in [0.15, 0.2) is 0 Å². The maximum Gasteiger partial charge on any atom is 0.258 e. The Bertz CT molecular complexity index is 626. The number of benzene rings is 2. The summed E-state index contributed by atoms with van der Waals surface area (Å²) in [4.78, 5) is 10.6. The Morgan fingerprint density at radius 3 is 1.44 bits per heavy atom. The van der Waals surface area contributed by atoms with Crippen molar-refractivity contribution in [1.82, 2.24) is 0 Å². The summed E-state index contributed by atoms with van der Waals surface area (Å²) in [5, 5.41) is 7.55. The third-order valence-electron chi connectivity index (χ3n) is 4.15. The molecule has 0 amide bonds. The molecule has 0 fully saturated rings. The Labute approximate surface area is 151 Å². The Hall–Kier alpha value is -1.77. The highest BCUT2D eigenvalue weighted by Gasteiger charge is 2.23. The SMILES string of the molecule is CCCCNc1ccc(P(=O)(O)c2ccc(NCCCC)cc2)cc1. The van der Waals surface area contributed by atoms with Crippen LogP contribution in [0.5, 0.6) is 0 Å². The fraction of sp³-hybridized carbons (Fsp3) is 0.400. The molecule has 0 aliphatic rings. The first-order valence-corrected chi connectivity index (χ1v) is 10.8. The van der Waals surface area contributed by atoms with E-state index in [1.807, 2.05) is 24.3 Å². The van der Waals surface area contributed by atoms with Gasteiger partial charge in [0.2, 0.25) is 0 Å². The topological polar surface area (TPSA) is 61.4 Å². The van der Waals surface area contributed by atoms with E-state index in [2.05, 4.69) is 24.5 Å². The lowest BCUT2D eigenvalue weighted by Crippen LogP contribution is -2.16. The molecule has 5 heteroatoms. The summed E-state index contributed by atoms with van der Waals surface area (Å²) in [6.45, 7) is 6.13. The zero-order valence-corrected chi connectivity index (χ0v) is 16.1. The second kappa shape index (κ2) is 9.65. The average Bonchev–Trinajstić information content (AvgIpc) is 2.63. The maximum absolute atomic E-state index is 12.9. The normalized spacial score (nSPS) is 11.3. The van der Waals surface area contributed by atoms with E-state index in [1.165, 1.54) is 0 Å². The molecule has 0 aliphatic heterocycles. The van der Waals surface area contributed by atoms with Crippen molar-refractivity contribution < 1.29 is 9.46 Å². The summed E-state index contributed by atoms with van der Waals surface area (Å²) >= 11 is 0. The summed E-state index contributed by atoms with van der Waals surface area (Å²) in [6.07, 6.45) is 4.50. The summed E-state index contributed by atoms with van der Waals surface area (Å²) < 4.78 is 12.9. The van der Waals surface area contributed by atoms with Crippen molar-refractivity contribution in [2.45, 2.75) is 39.5 Å². The molecule has 2 aromatic rings. The standard InChI is InChI=1S/C20H29N2O2P/c1-3-5-15-21-17-7-11-19(12-8-17)25(23,24)20-13-9-18(10-14-20)22-16-6-4-2/h7-14,21-22H,3-6,15-16H2,1-2H3,(H,23,24). The van der Waals surface area contributed by atoms with E-state index in [1.54, 1.807) is 24.3 Å². The molecule has 0 aromatic heterocycles. The van der Waals surface area contributed by atoms with Crippen molar-refractivity contribution in [2.24, 2.45) is 0 Å². The quantitative estimate of drug-likeness (QED) is 0.436. The molecule has 0 radical (unpaired) electrons. The van der Waals surface area contributed by atoms with Crippen LogP contribution in [0.1, 0.15) is 39.5 Å². The molecule has 0 unspecified atom stereocenters. The lowest BCUT2D eigenvalue weighted by Gasteiger charge is -2.14. The molecule has 2 aromatic carbocycles. The summed E-state index contributed by atoms with van der Waals surface area (Å²) in [7, 11) is -3.56. The van der Waals surface area contributed by atoms with Crippen LogP contribution in [0, 0.1) is 0 Å². The molecule has 25 heavy (non-hydrogen) atoms. The number of hydrogen-bond donors (Lipinski definition) is 3. The van der Waals surface area contributed by atoms with E-state index in [4.69, 9.17) is 0 Å². The minimum Gasteiger partial charge on any atom is -0.385 e. The van der Waals surface area contributed by atoms with E-state index in [0.29, 0.717) is 10.6 Å². The largest absolute Gasteiger partial charge is 0.385 e. The summed E-state index contributed by atoms with van der Waals surface area (Å²) in [6, 6.07) is 14.4. The van der Waals surface area contributed by atoms with Crippen LogP contribution in [0.25, 0.3) is 0 Å². The smallest absolute Gasteiger partial charge is 0.258 e. The number of unbranched alkanes of at least 4 members (excludes halogenated alkanes) is 2. The number of hydrogen-bond acceptors (Lipinski definition) is 3. The third-order valence-corrected chi connectivity index (χ3v) is 6.15. The predicted molar refractivity (Wildman–Crippen MR) is 109 cm³/mol. The lowest BCUT2D eigenvalue weighted by molar-refractivity contribution is 0.501. The van der Waals surface area contributed by atoms with Crippen LogP contribution in [-0.4, -0.2) is 18.0 Å². The van der Waals surface area contributed by atoms with Gasteiger partial charge in [-0.1, -0.05) is 26.7 Å². The molecule has 0 heterocycles. The molecule has 0 aliphatic carbocycles. The second-order valence-electron chi connectivity index (χ2n) is 6.23. The van der Waals surface area contributed by atoms with Crippen LogP contribution in [0.2, 0.25) is 0 Å². The fourth-order valence-electron chi connectivity index (χ4n) is 2.53. The predicted octanol–water partition coefficient (Wildman–Crippen LogP) is 4.33. The molecule has 3 N–H and O–H groups in total. The summed E-state index contributed by atoms with van der Waals surface area (Å²) in [5.74, 6) is 0. The van der Waals surface area contributed by atoms with Crippen LogP contribution in [0.3, 0.4) is 0 Å². The van der Waals surface area contributed by atoms with Crippen LogP contribution < -0.4 is 21.2 Å². The first-order chi connectivity index (χ1) is 12.1. The van der Waals surface area contributed by atoms with E-state index in [0.717, 1.165) is 50.1 Å². The van der Waals surface area contributed by atoms with E-state index >= 15 is 0 Å². The lowest BCUT2D eigenvalue weighted by atomic mass is 10.3. The molecule has 4 nitrogen and oxygen atoms in total. The molecule has 0 spiro atoms. The molecule has 0 bridgehead atoms. The van der Waals surface area contributed by atoms with Gasteiger partial charge >= 0.3 is 0 Å². The fourth-order valence-corrected chi connectivity index (χ4v) is 3.94. The zero-order valence-electron chi connectivity index (χ0n) is 15.2. The van der Waals surface area contributed by atoms with Gasteiger partial charge in [-0.2, -0.15) is 0 Å². The molecular weight excluding hydrogens is 331 g/mol. The highest BCUT2D eigenvalue weighted by molar-refractivity contribution is 7.73. The molecule has 136 valence electrons. The number of nitrogens with one attached hydrogen (secondary N) is 2. The van der Waals surface area contributed by atoms with Gasteiger partial charge < -0.3 is 15.5 Å². The molecule has 0 atom stereocenters. The Kier molecular flexibility index (Phi) is 7.54. The Morgan fingerprint density at radius 1 is 0.760 bits per heavy atom. The van der Waals surface area contributed by atoms with Crippen molar-refractivity contribution in [3.05, 3.63) is 48.5 Å². The van der Waals surface area contributed by atoms with Gasteiger partial charge in [-0.05, 0) is 61.4 Å². The van der Waals surface area contributed by atoms with E-state index in [9.17, 15) is 9.46 Å². The molecule has 0 saturated heterocycles. The Morgan fingerprint density at radius 2 is 1.12 bits per heavy atom. The van der Waals surface area contributed by atoms with Crippen molar-refractivity contribution >= 4 is 29.4 Å². The second-order valence-corrected chi connectivity index (χ2v) is 8.42. The van der Waals surface area contributed by atoms with Gasteiger partial charge in [0, 0.05) is 35.1 Å². The Balaban J connectivity index is 2.05.